The summed E-state index contributed by atoms with van der Waals surface area (Å²) in [5.41, 5.74) is -1.50. The minimum absolute atomic E-state index is 0.0841. The Balaban J connectivity index is 2.12. The Kier molecular flexibility index (Phi) is 4.65. The van der Waals surface area contributed by atoms with Crippen LogP contribution in [-0.2, 0) is 0 Å². The largest absolute Gasteiger partial charge is 0.386 e. The summed E-state index contributed by atoms with van der Waals surface area (Å²) in [6, 6.07) is 3.06. The predicted molar refractivity (Wildman–Crippen MR) is 73.6 cm³/mol. The number of benzene rings is 1. The average molecular weight is 326 g/mol. The molecule has 2 aromatic rings. The number of H-pyrrole nitrogens is 1. The van der Waals surface area contributed by atoms with Crippen molar-refractivity contribution in [1.82, 2.24) is 15.5 Å². The summed E-state index contributed by atoms with van der Waals surface area (Å²) < 4.78 is 27.0. The number of amides is 1. The van der Waals surface area contributed by atoms with Gasteiger partial charge < -0.3 is 10.4 Å². The van der Waals surface area contributed by atoms with Crippen LogP contribution in [0.15, 0.2) is 18.2 Å². The van der Waals surface area contributed by atoms with E-state index in [9.17, 15) is 28.8 Å². The molecular formula is C13H12F2N4O4. The molecule has 10 heteroatoms. The van der Waals surface area contributed by atoms with Gasteiger partial charge in [0.2, 0.25) is 5.69 Å². The first-order valence-corrected chi connectivity index (χ1v) is 6.42. The first-order chi connectivity index (χ1) is 10.8. The summed E-state index contributed by atoms with van der Waals surface area (Å²) in [7, 11) is 0. The minimum atomic E-state index is -1.65. The third kappa shape index (κ3) is 3.31. The zero-order valence-corrected chi connectivity index (χ0v) is 11.8. The lowest BCUT2D eigenvalue weighted by Gasteiger charge is -2.13. The summed E-state index contributed by atoms with van der Waals surface area (Å²) in [5.74, 6) is -2.88. The number of nitrogens with zero attached hydrogens (tertiary/aromatic N) is 2. The molecule has 1 amide bonds. The van der Waals surface area contributed by atoms with E-state index < -0.39 is 52.1 Å². The van der Waals surface area contributed by atoms with Crippen LogP contribution < -0.4 is 5.32 Å². The fourth-order valence-corrected chi connectivity index (χ4v) is 2.01. The normalized spacial score (nSPS) is 12.0. The fourth-order valence-electron chi connectivity index (χ4n) is 2.01. The van der Waals surface area contributed by atoms with Gasteiger partial charge in [0.15, 0.2) is 0 Å². The SMILES string of the molecule is Cc1[nH]nc(C(=O)NCC(O)c2c(F)cccc2F)c1[N+](=O)[O-]. The number of aliphatic hydroxyl groups is 1. The zero-order valence-electron chi connectivity index (χ0n) is 11.8. The third-order valence-electron chi connectivity index (χ3n) is 3.10. The molecule has 1 aromatic carbocycles. The molecule has 0 aliphatic carbocycles. The van der Waals surface area contributed by atoms with Crippen LogP contribution in [0.5, 0.6) is 0 Å². The van der Waals surface area contributed by atoms with Crippen molar-refractivity contribution in [3.05, 3.63) is 56.9 Å². The van der Waals surface area contributed by atoms with Crippen molar-refractivity contribution in [1.29, 1.82) is 0 Å². The van der Waals surface area contributed by atoms with Crippen molar-refractivity contribution in [3.63, 3.8) is 0 Å². The average Bonchev–Trinajstić information content (AvgIpc) is 2.86. The van der Waals surface area contributed by atoms with Crippen molar-refractivity contribution in [2.24, 2.45) is 0 Å². The second kappa shape index (κ2) is 6.48. The number of nitro groups is 1. The number of rotatable bonds is 5. The topological polar surface area (TPSA) is 121 Å². The molecule has 0 saturated heterocycles. The molecule has 3 N–H and O–H groups in total. The van der Waals surface area contributed by atoms with Gasteiger partial charge in [-0.3, -0.25) is 20.0 Å². The highest BCUT2D eigenvalue weighted by atomic mass is 19.1. The zero-order chi connectivity index (χ0) is 17.1. The van der Waals surface area contributed by atoms with E-state index in [0.717, 1.165) is 18.2 Å². The summed E-state index contributed by atoms with van der Waals surface area (Å²) in [5, 5.41) is 28.6. The van der Waals surface area contributed by atoms with Crippen molar-refractivity contribution < 1.29 is 23.6 Å². The van der Waals surface area contributed by atoms with Gasteiger partial charge in [0.05, 0.1) is 10.5 Å². The maximum Gasteiger partial charge on any atom is 0.322 e. The van der Waals surface area contributed by atoms with E-state index in [1.54, 1.807) is 0 Å². The lowest BCUT2D eigenvalue weighted by Crippen LogP contribution is -2.29. The van der Waals surface area contributed by atoms with Gasteiger partial charge in [-0.15, -0.1) is 0 Å². The van der Waals surface area contributed by atoms with Gasteiger partial charge in [0, 0.05) is 6.54 Å². The molecule has 0 saturated carbocycles. The van der Waals surface area contributed by atoms with Gasteiger partial charge in [-0.25, -0.2) is 8.78 Å². The highest BCUT2D eigenvalue weighted by molar-refractivity contribution is 5.96. The molecule has 122 valence electrons. The van der Waals surface area contributed by atoms with Crippen molar-refractivity contribution in [2.75, 3.05) is 6.54 Å². The standard InChI is InChI=1S/C13H12F2N4O4/c1-6-12(19(22)23)11(18-17-6)13(21)16-5-9(20)10-7(14)3-2-4-8(10)15/h2-4,9,20H,5H2,1H3,(H,16,21)(H,17,18). The van der Waals surface area contributed by atoms with Gasteiger partial charge in [-0.1, -0.05) is 6.07 Å². The number of hydrogen-bond acceptors (Lipinski definition) is 5. The summed E-state index contributed by atoms with van der Waals surface area (Å²) in [4.78, 5) is 22.0. The van der Waals surface area contributed by atoms with Crippen LogP contribution in [0, 0.1) is 28.7 Å². The van der Waals surface area contributed by atoms with Crippen LogP contribution in [-0.4, -0.2) is 32.7 Å². The van der Waals surface area contributed by atoms with Gasteiger partial charge in [0.1, 0.15) is 23.4 Å². The summed E-state index contributed by atoms with van der Waals surface area (Å²) >= 11 is 0. The Hall–Kier alpha value is -2.88. The van der Waals surface area contributed by atoms with Crippen LogP contribution in [0.25, 0.3) is 0 Å². The van der Waals surface area contributed by atoms with E-state index in [2.05, 4.69) is 15.5 Å². The molecule has 1 unspecified atom stereocenters. The van der Waals surface area contributed by atoms with Gasteiger partial charge in [-0.2, -0.15) is 5.10 Å². The number of carbonyl (C=O) groups is 1. The van der Waals surface area contributed by atoms with Crippen molar-refractivity contribution in [3.8, 4) is 0 Å². The molecule has 0 fully saturated rings. The van der Waals surface area contributed by atoms with Crippen LogP contribution in [0.3, 0.4) is 0 Å². The van der Waals surface area contributed by atoms with Crippen molar-refractivity contribution >= 4 is 11.6 Å². The van der Waals surface area contributed by atoms with E-state index in [0.29, 0.717) is 0 Å². The molecule has 23 heavy (non-hydrogen) atoms. The fraction of sp³-hybridized carbons (Fsp3) is 0.231. The number of aromatic nitrogens is 2. The molecule has 1 atom stereocenters. The second-order valence-electron chi connectivity index (χ2n) is 4.66. The number of hydrogen-bond donors (Lipinski definition) is 3. The third-order valence-corrected chi connectivity index (χ3v) is 3.10. The molecule has 0 radical (unpaired) electrons. The van der Waals surface area contributed by atoms with E-state index in [4.69, 9.17) is 0 Å². The van der Waals surface area contributed by atoms with E-state index in [-0.39, 0.29) is 5.69 Å². The molecule has 8 nitrogen and oxygen atoms in total. The maximum atomic E-state index is 13.5. The van der Waals surface area contributed by atoms with Crippen LogP contribution in [0.4, 0.5) is 14.5 Å². The highest BCUT2D eigenvalue weighted by Gasteiger charge is 2.28. The second-order valence-corrected chi connectivity index (χ2v) is 4.66. The Labute approximate surface area is 128 Å². The molecule has 0 bridgehead atoms. The first kappa shape index (κ1) is 16.5. The molecule has 2 rings (SSSR count). The monoisotopic (exact) mass is 326 g/mol. The van der Waals surface area contributed by atoms with Crippen LogP contribution in [0.2, 0.25) is 0 Å². The van der Waals surface area contributed by atoms with Gasteiger partial charge >= 0.3 is 5.69 Å². The van der Waals surface area contributed by atoms with Gasteiger partial charge in [0.25, 0.3) is 5.91 Å². The highest BCUT2D eigenvalue weighted by Crippen LogP contribution is 2.22. The van der Waals surface area contributed by atoms with Crippen LogP contribution in [0.1, 0.15) is 27.8 Å². The quantitative estimate of drug-likeness (QED) is 0.566. The predicted octanol–water partition coefficient (Wildman–Crippen LogP) is 1.37. The van der Waals surface area contributed by atoms with E-state index in [1.165, 1.54) is 6.92 Å². The lowest BCUT2D eigenvalue weighted by atomic mass is 10.1. The number of aliphatic hydroxyl groups excluding tert-OH is 1. The maximum absolute atomic E-state index is 13.5. The number of nitrogens with one attached hydrogen (secondary N) is 2. The minimum Gasteiger partial charge on any atom is -0.386 e. The Morgan fingerprint density at radius 2 is 2.09 bits per heavy atom. The number of aryl methyl sites for hydroxylation is 1. The molecule has 0 spiro atoms. The van der Waals surface area contributed by atoms with E-state index in [1.807, 2.05) is 0 Å². The van der Waals surface area contributed by atoms with Gasteiger partial charge in [-0.05, 0) is 19.1 Å². The summed E-state index contributed by atoms with van der Waals surface area (Å²) in [6.07, 6.45) is -1.65. The molecule has 1 heterocycles. The molecule has 0 aliphatic rings. The Bertz CT molecular complexity index is 742. The molecular weight excluding hydrogens is 314 g/mol. The number of aromatic amines is 1. The summed E-state index contributed by atoms with van der Waals surface area (Å²) in [6.45, 7) is 0.825. The van der Waals surface area contributed by atoms with Crippen molar-refractivity contribution in [2.45, 2.75) is 13.0 Å². The first-order valence-electron chi connectivity index (χ1n) is 6.42. The Morgan fingerprint density at radius 3 is 2.65 bits per heavy atom. The lowest BCUT2D eigenvalue weighted by molar-refractivity contribution is -0.385. The number of carbonyl (C=O) groups excluding carboxylic acids is 1. The molecule has 0 aliphatic heterocycles. The van der Waals surface area contributed by atoms with Crippen LogP contribution >= 0.6 is 0 Å². The number of halogens is 2. The van der Waals surface area contributed by atoms with E-state index >= 15 is 0 Å². The molecule has 1 aromatic heterocycles. The smallest absolute Gasteiger partial charge is 0.322 e. The Morgan fingerprint density at radius 1 is 1.48 bits per heavy atom.